The first kappa shape index (κ1) is 19.1. The number of fused-ring (bicyclic) bond motifs is 1. The Hall–Kier alpha value is -3.68. The quantitative estimate of drug-likeness (QED) is 0.680. The number of carbonyl (C=O) groups excluding carboxylic acids is 2. The number of esters is 1. The molecule has 28 heavy (non-hydrogen) atoms. The number of aromatic nitrogens is 2. The van der Waals surface area contributed by atoms with Crippen molar-refractivity contribution < 1.29 is 19.1 Å². The number of hydrogen-bond donors (Lipinski definition) is 1. The number of benzene rings is 2. The van der Waals surface area contributed by atoms with Crippen molar-refractivity contribution in [3.8, 4) is 5.75 Å². The van der Waals surface area contributed by atoms with Gasteiger partial charge in [-0.2, -0.15) is 0 Å². The zero-order valence-electron chi connectivity index (χ0n) is 15.7. The predicted octanol–water partition coefficient (Wildman–Crippen LogP) is 2.14. The molecule has 1 amide bonds. The Morgan fingerprint density at radius 2 is 1.96 bits per heavy atom. The number of amides is 1. The van der Waals surface area contributed by atoms with Crippen molar-refractivity contribution in [1.82, 2.24) is 9.55 Å². The molecular formula is C20H19N3O5. The average molecular weight is 381 g/mol. The van der Waals surface area contributed by atoms with Crippen LogP contribution < -0.4 is 15.6 Å². The summed E-state index contributed by atoms with van der Waals surface area (Å²) < 4.78 is 11.1. The highest BCUT2D eigenvalue weighted by atomic mass is 16.5. The molecule has 144 valence electrons. The summed E-state index contributed by atoms with van der Waals surface area (Å²) in [5.41, 5.74) is 1.58. The molecule has 0 atom stereocenters. The Morgan fingerprint density at radius 3 is 2.68 bits per heavy atom. The fraction of sp³-hybridized carbons (Fsp3) is 0.200. The van der Waals surface area contributed by atoms with Crippen molar-refractivity contribution in [2.24, 2.45) is 0 Å². The van der Waals surface area contributed by atoms with E-state index in [1.54, 1.807) is 18.2 Å². The molecule has 0 aliphatic rings. The van der Waals surface area contributed by atoms with Gasteiger partial charge >= 0.3 is 5.97 Å². The third-order valence-electron chi connectivity index (χ3n) is 4.28. The minimum Gasteiger partial charge on any atom is -0.497 e. The van der Waals surface area contributed by atoms with Gasteiger partial charge in [0.2, 0.25) is 5.91 Å². The Kier molecular flexibility index (Phi) is 5.39. The lowest BCUT2D eigenvalue weighted by molar-refractivity contribution is -0.116. The molecule has 0 saturated carbocycles. The molecule has 0 unspecified atom stereocenters. The van der Waals surface area contributed by atoms with Crippen LogP contribution in [-0.4, -0.2) is 35.6 Å². The van der Waals surface area contributed by atoms with E-state index in [1.807, 2.05) is 13.0 Å². The van der Waals surface area contributed by atoms with Crippen LogP contribution in [0.2, 0.25) is 0 Å². The van der Waals surface area contributed by atoms with E-state index >= 15 is 0 Å². The van der Waals surface area contributed by atoms with Crippen LogP contribution >= 0.6 is 0 Å². The number of carbonyl (C=O) groups is 2. The van der Waals surface area contributed by atoms with E-state index in [1.165, 1.54) is 37.2 Å². The van der Waals surface area contributed by atoms with Crippen LogP contribution in [0.15, 0.2) is 47.5 Å². The summed E-state index contributed by atoms with van der Waals surface area (Å²) in [6.45, 7) is 1.62. The van der Waals surface area contributed by atoms with Crippen LogP contribution in [0.4, 0.5) is 5.69 Å². The van der Waals surface area contributed by atoms with Crippen molar-refractivity contribution in [1.29, 1.82) is 0 Å². The minimum atomic E-state index is -0.616. The van der Waals surface area contributed by atoms with Crippen LogP contribution in [0, 0.1) is 6.92 Å². The van der Waals surface area contributed by atoms with Gasteiger partial charge in [-0.15, -0.1) is 0 Å². The standard InChI is InChI=1S/C20H19N3O5/c1-12-5-4-6-14-18(12)21-11-23(19(14)25)10-17(24)22-16-8-7-13(27-2)9-15(16)20(26)28-3/h4-9,11H,10H2,1-3H3,(H,22,24). The number of nitrogens with one attached hydrogen (secondary N) is 1. The lowest BCUT2D eigenvalue weighted by Gasteiger charge is -2.12. The Labute approximate surface area is 160 Å². The number of anilines is 1. The van der Waals surface area contributed by atoms with Crippen molar-refractivity contribution in [2.45, 2.75) is 13.5 Å². The first-order valence-electron chi connectivity index (χ1n) is 8.45. The molecule has 0 bridgehead atoms. The summed E-state index contributed by atoms with van der Waals surface area (Å²) in [6.07, 6.45) is 1.34. The molecule has 1 aromatic heterocycles. The first-order chi connectivity index (χ1) is 13.4. The fourth-order valence-electron chi connectivity index (χ4n) is 2.83. The van der Waals surface area contributed by atoms with Crippen LogP contribution in [0.5, 0.6) is 5.75 Å². The zero-order chi connectivity index (χ0) is 20.3. The second-order valence-electron chi connectivity index (χ2n) is 6.10. The second kappa shape index (κ2) is 7.91. The second-order valence-corrected chi connectivity index (χ2v) is 6.10. The highest BCUT2D eigenvalue weighted by molar-refractivity contribution is 6.01. The summed E-state index contributed by atoms with van der Waals surface area (Å²) in [4.78, 5) is 41.4. The summed E-state index contributed by atoms with van der Waals surface area (Å²) in [7, 11) is 2.71. The van der Waals surface area contributed by atoms with Crippen LogP contribution in [0.3, 0.4) is 0 Å². The molecule has 1 N–H and O–H groups in total. The summed E-state index contributed by atoms with van der Waals surface area (Å²) in [6, 6.07) is 9.91. The Morgan fingerprint density at radius 1 is 1.18 bits per heavy atom. The van der Waals surface area contributed by atoms with Gasteiger partial charge < -0.3 is 14.8 Å². The normalized spacial score (nSPS) is 10.5. The van der Waals surface area contributed by atoms with Gasteiger partial charge in [0.25, 0.3) is 5.56 Å². The Bertz CT molecular complexity index is 1120. The molecule has 3 aromatic rings. The molecule has 0 aliphatic carbocycles. The largest absolute Gasteiger partial charge is 0.497 e. The smallest absolute Gasteiger partial charge is 0.340 e. The predicted molar refractivity (Wildman–Crippen MR) is 104 cm³/mol. The Balaban J connectivity index is 1.87. The molecule has 0 radical (unpaired) electrons. The zero-order valence-corrected chi connectivity index (χ0v) is 15.7. The van der Waals surface area contributed by atoms with Crippen molar-refractivity contribution in [3.63, 3.8) is 0 Å². The van der Waals surface area contributed by atoms with E-state index in [2.05, 4.69) is 10.3 Å². The van der Waals surface area contributed by atoms with Gasteiger partial charge in [0.15, 0.2) is 0 Å². The van der Waals surface area contributed by atoms with E-state index < -0.39 is 11.9 Å². The van der Waals surface area contributed by atoms with Crippen LogP contribution in [0.25, 0.3) is 10.9 Å². The number of nitrogens with zero attached hydrogens (tertiary/aromatic N) is 2. The van der Waals surface area contributed by atoms with E-state index in [9.17, 15) is 14.4 Å². The number of hydrogen-bond acceptors (Lipinski definition) is 6. The van der Waals surface area contributed by atoms with E-state index in [0.717, 1.165) is 5.56 Å². The SMILES string of the molecule is COC(=O)c1cc(OC)ccc1NC(=O)Cn1cnc2c(C)cccc2c1=O. The molecule has 0 spiro atoms. The van der Waals surface area contributed by atoms with Gasteiger partial charge in [-0.3, -0.25) is 14.2 Å². The van der Waals surface area contributed by atoms with Gasteiger partial charge in [0.1, 0.15) is 12.3 Å². The van der Waals surface area contributed by atoms with E-state index in [0.29, 0.717) is 16.7 Å². The first-order valence-corrected chi connectivity index (χ1v) is 8.45. The maximum atomic E-state index is 12.6. The van der Waals surface area contributed by atoms with Crippen molar-refractivity contribution in [2.75, 3.05) is 19.5 Å². The lowest BCUT2D eigenvalue weighted by atomic mass is 10.1. The van der Waals surface area contributed by atoms with Gasteiger partial charge in [-0.25, -0.2) is 9.78 Å². The van der Waals surface area contributed by atoms with Crippen LogP contribution in [0.1, 0.15) is 15.9 Å². The van der Waals surface area contributed by atoms with E-state index in [4.69, 9.17) is 9.47 Å². The highest BCUT2D eigenvalue weighted by Gasteiger charge is 2.16. The van der Waals surface area contributed by atoms with Gasteiger partial charge in [-0.05, 0) is 36.8 Å². The maximum Gasteiger partial charge on any atom is 0.340 e. The van der Waals surface area contributed by atoms with Crippen molar-refractivity contribution >= 4 is 28.5 Å². The summed E-state index contributed by atoms with van der Waals surface area (Å²) in [5.74, 6) is -0.649. The van der Waals surface area contributed by atoms with Crippen LogP contribution in [-0.2, 0) is 16.1 Å². The monoisotopic (exact) mass is 381 g/mol. The highest BCUT2D eigenvalue weighted by Crippen LogP contribution is 2.23. The lowest BCUT2D eigenvalue weighted by Crippen LogP contribution is -2.28. The number of aryl methyl sites for hydroxylation is 1. The van der Waals surface area contributed by atoms with Gasteiger partial charge in [0, 0.05) is 0 Å². The van der Waals surface area contributed by atoms with E-state index in [-0.39, 0.29) is 23.4 Å². The summed E-state index contributed by atoms with van der Waals surface area (Å²) in [5, 5.41) is 3.07. The number of methoxy groups -OCH3 is 2. The third kappa shape index (κ3) is 3.71. The topological polar surface area (TPSA) is 99.5 Å². The summed E-state index contributed by atoms with van der Waals surface area (Å²) >= 11 is 0. The number of ether oxygens (including phenoxy) is 2. The molecule has 0 aliphatic heterocycles. The molecular weight excluding hydrogens is 362 g/mol. The number of rotatable bonds is 5. The molecule has 0 saturated heterocycles. The molecule has 2 aromatic carbocycles. The fourth-order valence-corrected chi connectivity index (χ4v) is 2.83. The third-order valence-corrected chi connectivity index (χ3v) is 4.28. The number of para-hydroxylation sites is 1. The average Bonchev–Trinajstić information content (AvgIpc) is 2.70. The van der Waals surface area contributed by atoms with Crippen molar-refractivity contribution in [3.05, 3.63) is 64.2 Å². The van der Waals surface area contributed by atoms with Gasteiger partial charge in [-0.1, -0.05) is 12.1 Å². The molecule has 8 nitrogen and oxygen atoms in total. The van der Waals surface area contributed by atoms with Gasteiger partial charge in [0.05, 0.1) is 42.7 Å². The minimum absolute atomic E-state index is 0.148. The molecule has 3 rings (SSSR count). The molecule has 8 heteroatoms. The maximum absolute atomic E-state index is 12.6. The molecule has 0 fully saturated rings. The molecule has 1 heterocycles.